The third kappa shape index (κ3) is 4.03. The van der Waals surface area contributed by atoms with E-state index in [-0.39, 0.29) is 10.6 Å². The van der Waals surface area contributed by atoms with Gasteiger partial charge in [0, 0.05) is 6.54 Å². The Morgan fingerprint density at radius 2 is 1.78 bits per heavy atom. The summed E-state index contributed by atoms with van der Waals surface area (Å²) in [6.07, 6.45) is 1.50. The van der Waals surface area contributed by atoms with E-state index in [2.05, 4.69) is 4.72 Å². The van der Waals surface area contributed by atoms with Crippen molar-refractivity contribution in [1.82, 2.24) is 0 Å². The maximum absolute atomic E-state index is 12.6. The molecular formula is C18H22N2O5S2. The number of sulfonamides is 2. The maximum atomic E-state index is 12.6. The van der Waals surface area contributed by atoms with Gasteiger partial charge in [0.05, 0.1) is 29.1 Å². The third-order valence-electron chi connectivity index (χ3n) is 4.48. The Kier molecular flexibility index (Phi) is 5.34. The predicted octanol–water partition coefficient (Wildman–Crippen LogP) is 2.60. The molecule has 9 heteroatoms. The summed E-state index contributed by atoms with van der Waals surface area (Å²) >= 11 is 0. The van der Waals surface area contributed by atoms with Gasteiger partial charge in [-0.15, -0.1) is 0 Å². The van der Waals surface area contributed by atoms with Crippen LogP contribution in [-0.2, 0) is 26.5 Å². The lowest BCUT2D eigenvalue weighted by atomic mass is 10.0. The van der Waals surface area contributed by atoms with Crippen molar-refractivity contribution in [3.05, 3.63) is 48.0 Å². The van der Waals surface area contributed by atoms with Crippen LogP contribution in [0.25, 0.3) is 0 Å². The molecule has 1 aliphatic rings. The van der Waals surface area contributed by atoms with E-state index in [1.165, 1.54) is 23.5 Å². The van der Waals surface area contributed by atoms with Gasteiger partial charge in [-0.3, -0.25) is 9.03 Å². The summed E-state index contributed by atoms with van der Waals surface area (Å²) in [6.45, 7) is 2.00. The first-order valence-electron chi connectivity index (χ1n) is 8.57. The number of anilines is 2. The maximum Gasteiger partial charge on any atom is 0.261 e. The molecule has 0 amide bonds. The van der Waals surface area contributed by atoms with Crippen molar-refractivity contribution in [2.45, 2.75) is 24.7 Å². The number of hydrogen-bond donors (Lipinski definition) is 1. The van der Waals surface area contributed by atoms with Gasteiger partial charge in [0.1, 0.15) is 5.75 Å². The molecule has 0 aromatic heterocycles. The van der Waals surface area contributed by atoms with Crippen LogP contribution >= 0.6 is 0 Å². The molecular weight excluding hydrogens is 388 g/mol. The lowest BCUT2D eigenvalue weighted by Crippen LogP contribution is -2.36. The zero-order valence-electron chi connectivity index (χ0n) is 15.2. The van der Waals surface area contributed by atoms with Crippen LogP contribution in [0.1, 0.15) is 18.9 Å². The number of nitrogens with zero attached hydrogens (tertiary/aromatic N) is 1. The van der Waals surface area contributed by atoms with E-state index in [1.54, 1.807) is 37.3 Å². The van der Waals surface area contributed by atoms with Crippen LogP contribution in [0.2, 0.25) is 0 Å². The summed E-state index contributed by atoms with van der Waals surface area (Å²) in [4.78, 5) is 0.0963. The monoisotopic (exact) mass is 410 g/mol. The fourth-order valence-corrected chi connectivity index (χ4v) is 5.26. The second kappa shape index (κ2) is 7.40. The van der Waals surface area contributed by atoms with Crippen molar-refractivity contribution >= 4 is 31.4 Å². The number of hydrogen-bond acceptors (Lipinski definition) is 5. The largest absolute Gasteiger partial charge is 0.497 e. The minimum atomic E-state index is -3.80. The van der Waals surface area contributed by atoms with Crippen molar-refractivity contribution in [2.24, 2.45) is 0 Å². The zero-order chi connectivity index (χ0) is 19.7. The topological polar surface area (TPSA) is 92.8 Å². The number of nitrogens with one attached hydrogen (secondary N) is 1. The molecule has 3 rings (SSSR count). The molecule has 27 heavy (non-hydrogen) atoms. The van der Waals surface area contributed by atoms with Crippen molar-refractivity contribution in [2.75, 3.05) is 28.4 Å². The van der Waals surface area contributed by atoms with Crippen LogP contribution in [0.3, 0.4) is 0 Å². The number of benzene rings is 2. The highest BCUT2D eigenvalue weighted by Crippen LogP contribution is 2.33. The molecule has 1 aliphatic heterocycles. The standard InChI is InChI=1S/C18H22N2O5S2/c1-3-26(21,22)20-12-4-5-14-6-7-15(13-18(14)20)19-27(23,24)17-10-8-16(25-2)9-11-17/h6-11,13,19H,3-5,12H2,1-2H3. The van der Waals surface area contributed by atoms with E-state index in [9.17, 15) is 16.8 Å². The first kappa shape index (κ1) is 19.5. The number of methoxy groups -OCH3 is 1. The first-order chi connectivity index (χ1) is 12.8. The van der Waals surface area contributed by atoms with E-state index < -0.39 is 20.0 Å². The van der Waals surface area contributed by atoms with Crippen molar-refractivity contribution in [3.8, 4) is 5.75 Å². The van der Waals surface area contributed by atoms with Gasteiger partial charge in [0.25, 0.3) is 10.0 Å². The van der Waals surface area contributed by atoms with Gasteiger partial charge in [-0.2, -0.15) is 0 Å². The van der Waals surface area contributed by atoms with E-state index >= 15 is 0 Å². The lowest BCUT2D eigenvalue weighted by Gasteiger charge is -2.30. The Hall–Kier alpha value is -2.26. The molecule has 146 valence electrons. The molecule has 0 unspecified atom stereocenters. The fraction of sp³-hybridized carbons (Fsp3) is 0.333. The fourth-order valence-electron chi connectivity index (χ4n) is 3.02. The minimum Gasteiger partial charge on any atom is -0.497 e. The molecule has 0 radical (unpaired) electrons. The van der Waals surface area contributed by atoms with Crippen molar-refractivity contribution < 1.29 is 21.6 Å². The van der Waals surface area contributed by atoms with Crippen molar-refractivity contribution in [1.29, 1.82) is 0 Å². The number of ether oxygens (including phenoxy) is 1. The van der Waals surface area contributed by atoms with Crippen LogP contribution < -0.4 is 13.8 Å². The molecule has 0 aliphatic carbocycles. The van der Waals surface area contributed by atoms with E-state index in [0.717, 1.165) is 18.4 Å². The second-order valence-corrected chi connectivity index (χ2v) is 10.1. The third-order valence-corrected chi connectivity index (χ3v) is 7.66. The normalized spacial score (nSPS) is 14.5. The average molecular weight is 411 g/mol. The molecule has 2 aromatic rings. The highest BCUT2D eigenvalue weighted by atomic mass is 32.2. The highest BCUT2D eigenvalue weighted by molar-refractivity contribution is 7.93. The molecule has 0 saturated heterocycles. The van der Waals surface area contributed by atoms with Crippen LogP contribution in [0.15, 0.2) is 47.4 Å². The van der Waals surface area contributed by atoms with Crippen molar-refractivity contribution in [3.63, 3.8) is 0 Å². The summed E-state index contributed by atoms with van der Waals surface area (Å²) < 4.78 is 58.9. The van der Waals surface area contributed by atoms with Crippen LogP contribution in [0.4, 0.5) is 11.4 Å². The average Bonchev–Trinajstić information content (AvgIpc) is 2.67. The Bertz CT molecular complexity index is 1030. The Morgan fingerprint density at radius 1 is 1.07 bits per heavy atom. The molecule has 0 saturated carbocycles. The first-order valence-corrected chi connectivity index (χ1v) is 11.7. The summed E-state index contributed by atoms with van der Waals surface area (Å²) in [7, 11) is -5.70. The summed E-state index contributed by atoms with van der Waals surface area (Å²) in [6, 6.07) is 11.1. The summed E-state index contributed by atoms with van der Waals surface area (Å²) in [5.74, 6) is 0.553. The van der Waals surface area contributed by atoms with E-state index in [4.69, 9.17) is 4.74 Å². The quantitative estimate of drug-likeness (QED) is 0.790. The van der Waals surface area contributed by atoms with Gasteiger partial charge in [0.2, 0.25) is 10.0 Å². The van der Waals surface area contributed by atoms with Gasteiger partial charge in [-0.25, -0.2) is 16.8 Å². The molecule has 0 atom stereocenters. The smallest absolute Gasteiger partial charge is 0.261 e. The number of aryl methyl sites for hydroxylation is 1. The van der Waals surface area contributed by atoms with Gasteiger partial charge in [-0.1, -0.05) is 6.07 Å². The lowest BCUT2D eigenvalue weighted by molar-refractivity contribution is 0.414. The number of fused-ring (bicyclic) bond motifs is 1. The highest BCUT2D eigenvalue weighted by Gasteiger charge is 2.26. The molecule has 1 N–H and O–H groups in total. The van der Waals surface area contributed by atoms with E-state index in [0.29, 0.717) is 23.7 Å². The van der Waals surface area contributed by atoms with E-state index in [1.807, 2.05) is 0 Å². The molecule has 0 fully saturated rings. The SMILES string of the molecule is CCS(=O)(=O)N1CCCc2ccc(NS(=O)(=O)c3ccc(OC)cc3)cc21. The van der Waals surface area contributed by atoms with Gasteiger partial charge >= 0.3 is 0 Å². The zero-order valence-corrected chi connectivity index (χ0v) is 16.8. The van der Waals surface area contributed by atoms with Crippen LogP contribution in [0, 0.1) is 0 Å². The second-order valence-electron chi connectivity index (χ2n) is 6.20. The molecule has 0 spiro atoms. The summed E-state index contributed by atoms with van der Waals surface area (Å²) in [5.41, 5.74) is 1.76. The van der Waals surface area contributed by atoms with Gasteiger partial charge in [-0.05, 0) is 61.7 Å². The Labute approximate surface area is 160 Å². The minimum absolute atomic E-state index is 0.00571. The Balaban J connectivity index is 1.93. The van der Waals surface area contributed by atoms with Gasteiger partial charge < -0.3 is 4.74 Å². The molecule has 7 nitrogen and oxygen atoms in total. The van der Waals surface area contributed by atoms with Crippen LogP contribution in [-0.4, -0.2) is 36.2 Å². The summed E-state index contributed by atoms with van der Waals surface area (Å²) in [5, 5.41) is 0. The van der Waals surface area contributed by atoms with Crippen LogP contribution in [0.5, 0.6) is 5.75 Å². The molecule has 1 heterocycles. The molecule has 2 aromatic carbocycles. The number of rotatable bonds is 6. The van der Waals surface area contributed by atoms with Gasteiger partial charge in [0.15, 0.2) is 0 Å². The Morgan fingerprint density at radius 3 is 2.41 bits per heavy atom. The molecule has 0 bridgehead atoms. The predicted molar refractivity (Wildman–Crippen MR) is 105 cm³/mol.